The number of carbonyl (C=O) groups excluding carboxylic acids is 1. The average Bonchev–Trinajstić information content (AvgIpc) is 2.29. The molecular weight excluding hydrogens is 384 g/mol. The Morgan fingerprint density at radius 3 is 1.95 bits per heavy atom. The SMILES string of the molecule is CC(C)(Cl)CN(CC(C)(C)Cl)C(=O)Sc1ccc(Cl)c(Cl)c1. The Kier molecular flexibility index (Phi) is 7.22. The van der Waals surface area contributed by atoms with Gasteiger partial charge in [0, 0.05) is 18.0 Å². The van der Waals surface area contributed by atoms with E-state index < -0.39 is 9.75 Å². The van der Waals surface area contributed by atoms with Crippen molar-refractivity contribution in [3.8, 4) is 0 Å². The molecule has 124 valence electrons. The van der Waals surface area contributed by atoms with Gasteiger partial charge in [-0.05, 0) is 57.7 Å². The fraction of sp³-hybridized carbons (Fsp3) is 0.533. The summed E-state index contributed by atoms with van der Waals surface area (Å²) in [4.78, 5) is 13.9. The molecule has 0 aliphatic rings. The number of halogens is 4. The van der Waals surface area contributed by atoms with Crippen LogP contribution in [0.25, 0.3) is 0 Å². The fourth-order valence-electron chi connectivity index (χ4n) is 1.80. The number of nitrogens with zero attached hydrogens (tertiary/aromatic N) is 1. The molecule has 0 atom stereocenters. The zero-order valence-electron chi connectivity index (χ0n) is 12.9. The van der Waals surface area contributed by atoms with Gasteiger partial charge in [0.2, 0.25) is 0 Å². The van der Waals surface area contributed by atoms with Gasteiger partial charge < -0.3 is 4.90 Å². The van der Waals surface area contributed by atoms with E-state index in [1.807, 2.05) is 27.7 Å². The summed E-state index contributed by atoms with van der Waals surface area (Å²) in [5, 5.41) is 0.751. The first kappa shape index (κ1) is 20.2. The van der Waals surface area contributed by atoms with Gasteiger partial charge in [0.15, 0.2) is 0 Å². The summed E-state index contributed by atoms with van der Waals surface area (Å²) < 4.78 is 0. The summed E-state index contributed by atoms with van der Waals surface area (Å²) in [6, 6.07) is 5.09. The molecule has 0 unspecified atom stereocenters. The number of thioether (sulfide) groups is 1. The van der Waals surface area contributed by atoms with Crippen LogP contribution in [0.2, 0.25) is 10.0 Å². The van der Waals surface area contributed by atoms with Gasteiger partial charge in [-0.2, -0.15) is 0 Å². The molecule has 0 radical (unpaired) electrons. The second kappa shape index (κ2) is 7.85. The van der Waals surface area contributed by atoms with Crippen LogP contribution < -0.4 is 0 Å². The molecule has 0 saturated heterocycles. The highest BCUT2D eigenvalue weighted by Crippen LogP contribution is 2.31. The Morgan fingerprint density at radius 1 is 1.05 bits per heavy atom. The highest BCUT2D eigenvalue weighted by atomic mass is 35.5. The van der Waals surface area contributed by atoms with Crippen molar-refractivity contribution in [2.45, 2.75) is 42.3 Å². The Hall–Kier alpha value is 0.200. The minimum Gasteiger partial charge on any atom is -0.330 e. The minimum absolute atomic E-state index is 0.124. The Bertz CT molecular complexity index is 521. The van der Waals surface area contributed by atoms with E-state index in [2.05, 4.69) is 0 Å². The van der Waals surface area contributed by atoms with Crippen LogP contribution in [0.15, 0.2) is 23.1 Å². The van der Waals surface area contributed by atoms with E-state index in [4.69, 9.17) is 46.4 Å². The second-order valence-electron chi connectivity index (χ2n) is 6.24. The van der Waals surface area contributed by atoms with E-state index in [1.54, 1.807) is 23.1 Å². The third-order valence-corrected chi connectivity index (χ3v) is 4.39. The number of hydrogen-bond donors (Lipinski definition) is 0. The predicted octanol–water partition coefficient (Wildman–Crippen LogP) is 6.54. The average molecular weight is 403 g/mol. The van der Waals surface area contributed by atoms with Crippen LogP contribution >= 0.6 is 58.2 Å². The first-order chi connectivity index (χ1) is 9.87. The zero-order valence-corrected chi connectivity index (χ0v) is 16.8. The second-order valence-corrected chi connectivity index (χ2v) is 10.1. The number of rotatable bonds is 5. The molecule has 0 aromatic heterocycles. The molecule has 0 saturated carbocycles. The van der Waals surface area contributed by atoms with Gasteiger partial charge in [-0.1, -0.05) is 23.2 Å². The first-order valence-electron chi connectivity index (χ1n) is 6.67. The monoisotopic (exact) mass is 401 g/mol. The fourth-order valence-corrected chi connectivity index (χ4v) is 3.22. The van der Waals surface area contributed by atoms with Crippen LogP contribution in [-0.4, -0.2) is 33.0 Å². The first-order valence-corrected chi connectivity index (χ1v) is 9.00. The molecule has 1 aromatic rings. The zero-order chi connectivity index (χ0) is 17.1. The standard InChI is InChI=1S/C15H19Cl4NOS/c1-14(2,18)8-20(9-15(3,4)19)13(21)22-10-5-6-11(16)12(17)7-10/h5-7H,8-9H2,1-4H3. The lowest BCUT2D eigenvalue weighted by molar-refractivity contribution is 0.213. The minimum atomic E-state index is -0.532. The molecule has 2 nitrogen and oxygen atoms in total. The normalized spacial score (nSPS) is 12.4. The van der Waals surface area contributed by atoms with Crippen molar-refractivity contribution in [2.24, 2.45) is 0 Å². The molecule has 0 aliphatic carbocycles. The smallest absolute Gasteiger partial charge is 0.286 e. The van der Waals surface area contributed by atoms with Gasteiger partial charge >= 0.3 is 0 Å². The Balaban J connectivity index is 2.88. The lowest BCUT2D eigenvalue weighted by atomic mass is 10.1. The number of alkyl halides is 2. The number of amides is 1. The van der Waals surface area contributed by atoms with Crippen LogP contribution in [0.4, 0.5) is 4.79 Å². The highest BCUT2D eigenvalue weighted by Gasteiger charge is 2.28. The molecule has 1 amide bonds. The predicted molar refractivity (Wildman–Crippen MR) is 99.2 cm³/mol. The molecule has 0 spiro atoms. The third kappa shape index (κ3) is 7.65. The van der Waals surface area contributed by atoms with Crippen molar-refractivity contribution >= 4 is 63.4 Å². The number of hydrogen-bond acceptors (Lipinski definition) is 2. The maximum Gasteiger partial charge on any atom is 0.286 e. The maximum absolute atomic E-state index is 12.6. The van der Waals surface area contributed by atoms with Crippen molar-refractivity contribution in [3.05, 3.63) is 28.2 Å². The van der Waals surface area contributed by atoms with Gasteiger partial charge in [0.1, 0.15) is 0 Å². The van der Waals surface area contributed by atoms with E-state index in [0.717, 1.165) is 16.7 Å². The molecular formula is C15H19Cl4NOS. The Labute approximate surface area is 156 Å². The Morgan fingerprint density at radius 2 is 1.55 bits per heavy atom. The van der Waals surface area contributed by atoms with Gasteiger partial charge in [-0.25, -0.2) is 0 Å². The summed E-state index contributed by atoms with van der Waals surface area (Å²) in [6.45, 7) is 8.25. The molecule has 1 rings (SSSR count). The summed E-state index contributed by atoms with van der Waals surface area (Å²) >= 11 is 25.5. The van der Waals surface area contributed by atoms with Gasteiger partial charge in [0.05, 0.1) is 19.8 Å². The van der Waals surface area contributed by atoms with Crippen molar-refractivity contribution < 1.29 is 4.79 Å². The molecule has 0 N–H and O–H groups in total. The molecule has 22 heavy (non-hydrogen) atoms. The number of benzene rings is 1. The largest absolute Gasteiger partial charge is 0.330 e. The van der Waals surface area contributed by atoms with Crippen LogP contribution in [0, 0.1) is 0 Å². The van der Waals surface area contributed by atoms with Crippen LogP contribution in [-0.2, 0) is 0 Å². The summed E-state index contributed by atoms with van der Waals surface area (Å²) in [7, 11) is 0. The van der Waals surface area contributed by atoms with E-state index in [0.29, 0.717) is 23.1 Å². The molecule has 1 aromatic carbocycles. The highest BCUT2D eigenvalue weighted by molar-refractivity contribution is 8.13. The number of carbonyl (C=O) groups is 1. The van der Waals surface area contributed by atoms with Crippen molar-refractivity contribution in [3.63, 3.8) is 0 Å². The van der Waals surface area contributed by atoms with Gasteiger partial charge in [-0.3, -0.25) is 4.79 Å². The van der Waals surface area contributed by atoms with Gasteiger partial charge in [0.25, 0.3) is 5.24 Å². The van der Waals surface area contributed by atoms with Crippen LogP contribution in [0.5, 0.6) is 0 Å². The van der Waals surface area contributed by atoms with Crippen molar-refractivity contribution in [1.82, 2.24) is 4.90 Å². The summed E-state index contributed by atoms with van der Waals surface area (Å²) in [6.07, 6.45) is 0. The summed E-state index contributed by atoms with van der Waals surface area (Å²) in [5.41, 5.74) is 0. The van der Waals surface area contributed by atoms with Crippen molar-refractivity contribution in [2.75, 3.05) is 13.1 Å². The van der Waals surface area contributed by atoms with Gasteiger partial charge in [-0.15, -0.1) is 23.2 Å². The van der Waals surface area contributed by atoms with Crippen LogP contribution in [0.1, 0.15) is 27.7 Å². The molecule has 0 fully saturated rings. The third-order valence-electron chi connectivity index (χ3n) is 2.49. The lowest BCUT2D eigenvalue weighted by Gasteiger charge is -2.32. The topological polar surface area (TPSA) is 20.3 Å². The molecule has 0 bridgehead atoms. The molecule has 0 heterocycles. The van der Waals surface area contributed by atoms with Crippen LogP contribution in [0.3, 0.4) is 0 Å². The maximum atomic E-state index is 12.6. The van der Waals surface area contributed by atoms with E-state index in [9.17, 15) is 4.79 Å². The molecule has 0 aliphatic heterocycles. The lowest BCUT2D eigenvalue weighted by Crippen LogP contribution is -2.43. The van der Waals surface area contributed by atoms with Crippen molar-refractivity contribution in [1.29, 1.82) is 0 Å². The quantitative estimate of drug-likeness (QED) is 0.411. The molecule has 7 heteroatoms. The summed E-state index contributed by atoms with van der Waals surface area (Å²) in [5.74, 6) is 0. The van der Waals surface area contributed by atoms with E-state index in [1.165, 1.54) is 0 Å². The van der Waals surface area contributed by atoms with E-state index >= 15 is 0 Å². The van der Waals surface area contributed by atoms with E-state index in [-0.39, 0.29) is 5.24 Å².